The molecule has 0 saturated carbocycles. The van der Waals surface area contributed by atoms with Crippen molar-refractivity contribution in [3.05, 3.63) is 90.3 Å². The standard InChI is InChI=1S/C29H23F2N7O2/c1-4-23(39)34-14-16-5-7-19(20(30)11-16)28-25(26-27(38(28)3)18(13-32)15-35-29(26)33)17-6-8-22(21(31)12-17)40-24-9-10-37(2)36-24/h4-12,15H,1,14H2,2-3H3,(H2,33,35)(H,34,39). The minimum Gasteiger partial charge on any atom is -0.434 e. The van der Waals surface area contributed by atoms with Crippen LogP contribution in [0.1, 0.15) is 11.1 Å². The summed E-state index contributed by atoms with van der Waals surface area (Å²) < 4.78 is 39.8. The number of hydrogen-bond donors (Lipinski definition) is 2. The number of ether oxygens (including phenoxy) is 1. The van der Waals surface area contributed by atoms with Gasteiger partial charge in [0.05, 0.1) is 22.2 Å². The first-order valence-corrected chi connectivity index (χ1v) is 12.0. The summed E-state index contributed by atoms with van der Waals surface area (Å²) in [4.78, 5) is 15.7. The number of nitrogens with one attached hydrogen (secondary N) is 1. The maximum atomic E-state index is 15.7. The zero-order valence-corrected chi connectivity index (χ0v) is 21.6. The number of aryl methyl sites for hydroxylation is 2. The summed E-state index contributed by atoms with van der Waals surface area (Å²) in [7, 11) is 3.39. The number of anilines is 1. The van der Waals surface area contributed by atoms with E-state index < -0.39 is 11.6 Å². The van der Waals surface area contributed by atoms with Gasteiger partial charge in [-0.25, -0.2) is 13.8 Å². The molecule has 200 valence electrons. The predicted molar refractivity (Wildman–Crippen MR) is 146 cm³/mol. The van der Waals surface area contributed by atoms with Crippen molar-refractivity contribution in [2.75, 3.05) is 5.73 Å². The average Bonchev–Trinajstić information content (AvgIpc) is 3.49. The summed E-state index contributed by atoms with van der Waals surface area (Å²) in [6.45, 7) is 3.50. The fraction of sp³-hybridized carbons (Fsp3) is 0.103. The lowest BCUT2D eigenvalue weighted by Gasteiger charge is -2.12. The smallest absolute Gasteiger partial charge is 0.243 e. The maximum Gasteiger partial charge on any atom is 0.243 e. The Hall–Kier alpha value is -5.50. The summed E-state index contributed by atoms with van der Waals surface area (Å²) in [5.74, 6) is -1.38. The Balaban J connectivity index is 1.69. The molecule has 0 atom stereocenters. The van der Waals surface area contributed by atoms with Crippen LogP contribution in [-0.4, -0.2) is 25.2 Å². The number of amides is 1. The fourth-order valence-electron chi connectivity index (χ4n) is 4.61. The second-order valence-electron chi connectivity index (χ2n) is 8.99. The zero-order valence-electron chi connectivity index (χ0n) is 21.6. The molecule has 0 radical (unpaired) electrons. The SMILES string of the molecule is C=CC(=O)NCc1ccc(-c2c(-c3ccc(Oc4ccn(C)n4)c(F)c3)c3c(N)ncc(C#N)c3n2C)c(F)c1. The van der Waals surface area contributed by atoms with Gasteiger partial charge in [-0.1, -0.05) is 18.7 Å². The van der Waals surface area contributed by atoms with E-state index in [-0.39, 0.29) is 41.0 Å². The van der Waals surface area contributed by atoms with Gasteiger partial charge in [0, 0.05) is 50.2 Å². The average molecular weight is 540 g/mol. The number of pyridine rings is 1. The molecule has 5 aromatic rings. The molecule has 9 nitrogen and oxygen atoms in total. The molecule has 0 fully saturated rings. The van der Waals surface area contributed by atoms with Crippen molar-refractivity contribution in [3.63, 3.8) is 0 Å². The monoisotopic (exact) mass is 539 g/mol. The van der Waals surface area contributed by atoms with Gasteiger partial charge in [-0.2, -0.15) is 5.26 Å². The minimum absolute atomic E-state index is 0.0508. The normalized spacial score (nSPS) is 10.9. The Morgan fingerprint density at radius 3 is 2.65 bits per heavy atom. The van der Waals surface area contributed by atoms with Crippen LogP contribution in [0.3, 0.4) is 0 Å². The van der Waals surface area contributed by atoms with Crippen molar-refractivity contribution < 1.29 is 18.3 Å². The second kappa shape index (κ2) is 10.3. The van der Waals surface area contributed by atoms with Crippen LogP contribution < -0.4 is 15.8 Å². The van der Waals surface area contributed by atoms with E-state index in [1.807, 2.05) is 0 Å². The first kappa shape index (κ1) is 26.1. The molecule has 3 aromatic heterocycles. The van der Waals surface area contributed by atoms with Gasteiger partial charge in [-0.05, 0) is 41.5 Å². The molecule has 0 unspecified atom stereocenters. The number of aromatic nitrogens is 4. The summed E-state index contributed by atoms with van der Waals surface area (Å²) in [6.07, 6.45) is 4.14. The minimum atomic E-state index is -0.678. The fourth-order valence-corrected chi connectivity index (χ4v) is 4.61. The van der Waals surface area contributed by atoms with Crippen molar-refractivity contribution in [3.8, 4) is 40.1 Å². The van der Waals surface area contributed by atoms with E-state index in [0.29, 0.717) is 33.3 Å². The van der Waals surface area contributed by atoms with Crippen molar-refractivity contribution in [1.29, 1.82) is 5.26 Å². The summed E-state index contributed by atoms with van der Waals surface area (Å²) >= 11 is 0. The number of halogens is 2. The van der Waals surface area contributed by atoms with Gasteiger partial charge in [0.15, 0.2) is 11.6 Å². The third kappa shape index (κ3) is 4.63. The molecule has 0 aliphatic heterocycles. The van der Waals surface area contributed by atoms with E-state index in [1.54, 1.807) is 49.1 Å². The first-order valence-electron chi connectivity index (χ1n) is 12.0. The summed E-state index contributed by atoms with van der Waals surface area (Å²) in [5, 5.41) is 16.9. The number of carbonyl (C=O) groups is 1. The van der Waals surface area contributed by atoms with Crippen molar-refractivity contribution in [2.45, 2.75) is 6.54 Å². The highest BCUT2D eigenvalue weighted by molar-refractivity contribution is 6.10. The third-order valence-corrected chi connectivity index (χ3v) is 6.42. The number of fused-ring (bicyclic) bond motifs is 1. The summed E-state index contributed by atoms with van der Waals surface area (Å²) in [5.41, 5.74) is 8.78. The van der Waals surface area contributed by atoms with Crippen LogP contribution in [0.25, 0.3) is 33.3 Å². The van der Waals surface area contributed by atoms with Gasteiger partial charge in [0.25, 0.3) is 0 Å². The van der Waals surface area contributed by atoms with E-state index in [2.05, 4.69) is 28.0 Å². The second-order valence-corrected chi connectivity index (χ2v) is 8.99. The molecule has 0 aliphatic rings. The number of nitrogens with two attached hydrogens (primary N) is 1. The maximum absolute atomic E-state index is 15.7. The van der Waals surface area contributed by atoms with Crippen LogP contribution in [0.2, 0.25) is 0 Å². The Bertz CT molecular complexity index is 1850. The van der Waals surface area contributed by atoms with E-state index >= 15 is 8.78 Å². The van der Waals surface area contributed by atoms with E-state index in [4.69, 9.17) is 10.5 Å². The van der Waals surface area contributed by atoms with Crippen LogP contribution in [0.15, 0.2) is 67.5 Å². The molecule has 0 bridgehead atoms. The number of rotatable bonds is 7. The number of nitrogen functional groups attached to an aromatic ring is 1. The predicted octanol–water partition coefficient (Wildman–Crippen LogP) is 4.97. The van der Waals surface area contributed by atoms with Crippen molar-refractivity contribution in [1.82, 2.24) is 24.6 Å². The van der Waals surface area contributed by atoms with Crippen molar-refractivity contribution in [2.24, 2.45) is 14.1 Å². The summed E-state index contributed by atoms with van der Waals surface area (Å²) in [6, 6.07) is 12.6. The Kier molecular flexibility index (Phi) is 6.75. The van der Waals surface area contributed by atoms with E-state index in [1.165, 1.54) is 29.1 Å². The lowest BCUT2D eigenvalue weighted by atomic mass is 9.97. The zero-order chi connectivity index (χ0) is 28.6. The highest BCUT2D eigenvalue weighted by atomic mass is 19.1. The third-order valence-electron chi connectivity index (χ3n) is 6.42. The molecule has 0 spiro atoms. The van der Waals surface area contributed by atoms with Crippen LogP contribution >= 0.6 is 0 Å². The number of carbonyl (C=O) groups excluding carboxylic acids is 1. The van der Waals surface area contributed by atoms with Crippen LogP contribution in [0, 0.1) is 23.0 Å². The molecule has 5 rings (SSSR count). The van der Waals surface area contributed by atoms with Gasteiger partial charge < -0.3 is 20.4 Å². The molecular weight excluding hydrogens is 516 g/mol. The van der Waals surface area contributed by atoms with Crippen LogP contribution in [0.4, 0.5) is 14.6 Å². The Labute approximate surface area is 227 Å². The molecule has 3 N–H and O–H groups in total. The Morgan fingerprint density at radius 1 is 1.20 bits per heavy atom. The molecule has 0 aliphatic carbocycles. The Morgan fingerprint density at radius 2 is 2.00 bits per heavy atom. The van der Waals surface area contributed by atoms with Crippen LogP contribution in [0.5, 0.6) is 11.6 Å². The highest BCUT2D eigenvalue weighted by Gasteiger charge is 2.26. The number of nitrogens with zero attached hydrogens (tertiary/aromatic N) is 5. The first-order chi connectivity index (χ1) is 19.2. The molecule has 40 heavy (non-hydrogen) atoms. The van der Waals surface area contributed by atoms with Gasteiger partial charge in [-0.15, -0.1) is 5.10 Å². The highest BCUT2D eigenvalue weighted by Crippen LogP contribution is 2.44. The van der Waals surface area contributed by atoms with Crippen molar-refractivity contribution >= 4 is 22.6 Å². The van der Waals surface area contributed by atoms with E-state index in [9.17, 15) is 10.1 Å². The topological polar surface area (TPSA) is 124 Å². The van der Waals surface area contributed by atoms with Crippen LogP contribution in [-0.2, 0) is 25.4 Å². The molecule has 11 heteroatoms. The largest absolute Gasteiger partial charge is 0.434 e. The number of hydrogen-bond acceptors (Lipinski definition) is 6. The lowest BCUT2D eigenvalue weighted by molar-refractivity contribution is -0.116. The molecular formula is C29H23F2N7O2. The van der Waals surface area contributed by atoms with Gasteiger partial charge >= 0.3 is 0 Å². The molecule has 2 aromatic carbocycles. The quantitative estimate of drug-likeness (QED) is 0.282. The van der Waals surface area contributed by atoms with Gasteiger partial charge in [0.1, 0.15) is 17.7 Å². The molecule has 0 saturated heterocycles. The van der Waals surface area contributed by atoms with E-state index in [0.717, 1.165) is 6.08 Å². The molecule has 1 amide bonds. The molecule has 3 heterocycles. The van der Waals surface area contributed by atoms with Gasteiger partial charge in [0.2, 0.25) is 11.8 Å². The lowest BCUT2D eigenvalue weighted by Crippen LogP contribution is -2.20. The number of nitriles is 1. The van der Waals surface area contributed by atoms with Gasteiger partial charge in [-0.3, -0.25) is 9.48 Å². The number of benzene rings is 2.